The van der Waals surface area contributed by atoms with Gasteiger partial charge in [0.25, 0.3) is 0 Å². The van der Waals surface area contributed by atoms with Crippen LogP contribution in [0.1, 0.15) is 343 Å². The zero-order valence-corrected chi connectivity index (χ0v) is 61.7. The molecule has 0 N–H and O–H groups in total. The summed E-state index contributed by atoms with van der Waals surface area (Å²) in [6, 6.07) is 0. The third kappa shape index (κ3) is 689. The number of carbonyl (C=O) groups excluding carboxylic acids is 1. The number of allylic oxidation sites excluding steroid dienone is 2. The molecule has 0 aromatic rings. The van der Waals surface area contributed by atoms with Gasteiger partial charge in [0.1, 0.15) is 23.7 Å². The molecule has 0 rings (SSSR count). The Morgan fingerprint density at radius 3 is 0.671 bits per heavy atom. The molecule has 0 saturated heterocycles. The van der Waals surface area contributed by atoms with Crippen LogP contribution in [0.25, 0.3) is 0 Å². The van der Waals surface area contributed by atoms with Crippen LogP contribution >= 0.6 is 47.3 Å². The second kappa shape index (κ2) is 342. The summed E-state index contributed by atoms with van der Waals surface area (Å²) in [5.74, 6) is 2.40. The van der Waals surface area contributed by atoms with Gasteiger partial charge >= 0.3 is 0 Å². The first-order valence-electron chi connectivity index (χ1n) is 27.4. The number of nitrogens with zero attached hydrogens (tertiary/aromatic N) is 2. The quantitative estimate of drug-likeness (QED) is 0.0742. The third-order valence-electron chi connectivity index (χ3n) is 3.70. The number of ether oxygens (including phenoxy) is 2. The smallest absolute Gasteiger partial charge is 0.249 e. The second-order valence-electron chi connectivity index (χ2n) is 9.66. The SMILES string of the molecule is C.C.C.C.C.C.C.C.C.C=C(C)OC.C=C(C)O[Si](C)(C)C(C)(C)C.CC.CC.CC.CC.CC.CC.CC.CC.CC.CC.CC.CC.CC.CCC.CCC.CCN=COCl.CCN=COCl.COCSC.CSC(C)=O. The summed E-state index contributed by atoms with van der Waals surface area (Å²) in [5, 5.41) is 0.455. The molecule has 0 aromatic carbocycles. The molecular formula is C66H184Cl2N2O6S2Si. The standard InChI is InChI=1S/C9H20OSi.C4H8O.2C3H6ClNO.C3H8OS.C3H6OS.2C3H8.13C2H6.9CH4/c1-8(2)10-11(6,7)9(3,4)5;1-4(2)5-3;2*1-2-5-3-6-4;1-4-3-5-2;1-3(4)5-2;2*1-3-2;13*1-2;;;;;;;;;/h1H2,2-7H3;1H2,2-3H3;2*3H,2H2,1H3;3H2,1-2H3;1-2H3;2*3H2,1-2H3;13*1-2H3;9*1H4. The predicted octanol–water partition coefficient (Wildman–Crippen LogP) is 30.9. The molecular weight excluding hydrogens is 1080 g/mol. The molecule has 0 heterocycles. The monoisotopic (exact) mass is 1260 g/mol. The van der Waals surface area contributed by atoms with Gasteiger partial charge in [0, 0.05) is 27.1 Å². The van der Waals surface area contributed by atoms with Gasteiger partial charge in [0.15, 0.2) is 17.9 Å². The van der Waals surface area contributed by atoms with Crippen LogP contribution in [0, 0.1) is 0 Å². The molecule has 0 bridgehead atoms. The third-order valence-corrected chi connectivity index (χ3v) is 9.38. The summed E-state index contributed by atoms with van der Waals surface area (Å²) in [5.41, 5.74) is 0. The maximum absolute atomic E-state index is 9.78. The lowest BCUT2D eigenvalue weighted by atomic mass is 10.2. The fourth-order valence-corrected chi connectivity index (χ4v) is 2.44. The second-order valence-corrected chi connectivity index (χ2v) is 16.5. The van der Waals surface area contributed by atoms with Crippen molar-refractivity contribution in [2.24, 2.45) is 9.98 Å². The molecule has 0 fully saturated rings. The Bertz CT molecular complexity index is 593. The molecule has 0 amide bonds. The van der Waals surface area contributed by atoms with Crippen molar-refractivity contribution in [3.05, 3.63) is 24.7 Å². The van der Waals surface area contributed by atoms with Gasteiger partial charge in [-0.15, -0.1) is 11.8 Å². The van der Waals surface area contributed by atoms with Crippen LogP contribution in [-0.4, -0.2) is 72.0 Å². The highest BCUT2D eigenvalue weighted by Gasteiger charge is 2.38. The van der Waals surface area contributed by atoms with Crippen molar-refractivity contribution in [2.45, 2.75) is 361 Å². The summed E-state index contributed by atoms with van der Waals surface area (Å²) in [6.07, 6.45) is 8.66. The molecule has 0 atom stereocenters. The highest BCUT2D eigenvalue weighted by molar-refractivity contribution is 8.12. The minimum atomic E-state index is -1.57. The van der Waals surface area contributed by atoms with Gasteiger partial charge in [0.05, 0.1) is 24.6 Å². The largest absolute Gasteiger partial charge is 0.547 e. The van der Waals surface area contributed by atoms with Gasteiger partial charge in [-0.1, -0.05) is 333 Å². The molecule has 0 aliphatic rings. The number of aliphatic imine (C=N–C) groups is 2. The van der Waals surface area contributed by atoms with Gasteiger partial charge in [-0.2, -0.15) is 0 Å². The molecule has 0 saturated carbocycles. The van der Waals surface area contributed by atoms with E-state index in [2.05, 4.69) is 103 Å². The molecule has 0 aliphatic carbocycles. The van der Waals surface area contributed by atoms with Crippen LogP contribution in [-0.2, 0) is 27.3 Å². The van der Waals surface area contributed by atoms with Gasteiger partial charge in [0.2, 0.25) is 8.32 Å². The first-order chi connectivity index (χ1) is 33.3. The van der Waals surface area contributed by atoms with Crippen molar-refractivity contribution < 1.29 is 27.3 Å². The number of rotatable bonds is 9. The Kier molecular flexibility index (Phi) is 869. The van der Waals surface area contributed by atoms with E-state index in [1.165, 1.54) is 37.4 Å². The first-order valence-corrected chi connectivity index (χ1v) is 33.5. The molecule has 0 aliphatic heterocycles. The highest BCUT2D eigenvalue weighted by Crippen LogP contribution is 2.37. The number of halogens is 2. The van der Waals surface area contributed by atoms with Crippen molar-refractivity contribution in [2.75, 3.05) is 45.8 Å². The van der Waals surface area contributed by atoms with Crippen LogP contribution in [0.2, 0.25) is 18.1 Å². The van der Waals surface area contributed by atoms with Crippen molar-refractivity contribution >= 4 is 73.5 Å². The van der Waals surface area contributed by atoms with E-state index in [1.54, 1.807) is 46.1 Å². The average molecular weight is 1270 g/mol. The van der Waals surface area contributed by atoms with E-state index in [9.17, 15) is 4.79 Å². The number of carbonyl (C=O) groups is 1. The lowest BCUT2D eigenvalue weighted by Gasteiger charge is -2.36. The zero-order chi connectivity index (χ0) is 63.0. The van der Waals surface area contributed by atoms with Gasteiger partial charge in [-0.25, -0.2) is 0 Å². The first kappa shape index (κ1) is 201. The molecule has 0 spiro atoms. The van der Waals surface area contributed by atoms with Crippen LogP contribution in [0.15, 0.2) is 34.7 Å². The molecule has 13 heteroatoms. The molecule has 0 radical (unpaired) electrons. The fraction of sp³-hybridized carbons (Fsp3) is 0.894. The summed E-state index contributed by atoms with van der Waals surface area (Å²) in [4.78, 5) is 17.0. The Morgan fingerprint density at radius 1 is 0.481 bits per heavy atom. The Balaban J connectivity index is -0.0000000117. The maximum atomic E-state index is 9.78. The van der Waals surface area contributed by atoms with Crippen LogP contribution < -0.4 is 0 Å². The summed E-state index contributed by atoms with van der Waals surface area (Å²) in [6.45, 7) is 89.3. The van der Waals surface area contributed by atoms with Gasteiger partial charge < -0.3 is 22.5 Å². The number of hydrogen-bond acceptors (Lipinski definition) is 10. The number of hydrogen-bond donors (Lipinski definition) is 0. The maximum Gasteiger partial charge on any atom is 0.249 e. The molecule has 524 valence electrons. The predicted molar refractivity (Wildman–Crippen MR) is 416 cm³/mol. The topological polar surface area (TPSA) is 87.9 Å². The van der Waals surface area contributed by atoms with Gasteiger partial charge in [-0.3, -0.25) is 14.8 Å². The van der Waals surface area contributed by atoms with Gasteiger partial charge in [-0.05, 0) is 58.3 Å². The van der Waals surface area contributed by atoms with E-state index in [4.69, 9.17) is 28.2 Å². The van der Waals surface area contributed by atoms with Crippen LogP contribution in [0.4, 0.5) is 0 Å². The number of methoxy groups -OCH3 is 2. The average Bonchev–Trinajstić information content (AvgIpc) is 3.41. The fourth-order valence-electron chi connectivity index (χ4n) is 0.912. The van der Waals surface area contributed by atoms with Crippen LogP contribution in [0.5, 0.6) is 0 Å². The summed E-state index contributed by atoms with van der Waals surface area (Å²) >= 11 is 12.4. The van der Waals surface area contributed by atoms with E-state index < -0.39 is 8.32 Å². The molecule has 0 aromatic heterocycles. The zero-order valence-electron chi connectivity index (χ0n) is 57.5. The van der Waals surface area contributed by atoms with Crippen molar-refractivity contribution in [1.82, 2.24) is 0 Å². The van der Waals surface area contributed by atoms with E-state index in [1.807, 2.05) is 207 Å². The van der Waals surface area contributed by atoms with E-state index in [0.717, 1.165) is 17.5 Å². The molecule has 8 nitrogen and oxygen atoms in total. The van der Waals surface area contributed by atoms with E-state index >= 15 is 0 Å². The highest BCUT2D eigenvalue weighted by atomic mass is 35.5. The van der Waals surface area contributed by atoms with Crippen molar-refractivity contribution in [3.63, 3.8) is 0 Å². The Morgan fingerprint density at radius 2 is 0.646 bits per heavy atom. The van der Waals surface area contributed by atoms with Crippen LogP contribution in [0.3, 0.4) is 0 Å². The molecule has 0 unspecified atom stereocenters. The summed E-state index contributed by atoms with van der Waals surface area (Å²) < 4.78 is 22.9. The lowest BCUT2D eigenvalue weighted by Crippen LogP contribution is -2.39. The minimum absolute atomic E-state index is 0. The lowest BCUT2D eigenvalue weighted by molar-refractivity contribution is -0.109. The minimum Gasteiger partial charge on any atom is -0.547 e. The van der Waals surface area contributed by atoms with E-state index in [0.29, 0.717) is 13.1 Å². The van der Waals surface area contributed by atoms with Crippen molar-refractivity contribution in [3.8, 4) is 0 Å². The molecule has 79 heavy (non-hydrogen) atoms. The van der Waals surface area contributed by atoms with E-state index in [-0.39, 0.29) is 77.0 Å². The van der Waals surface area contributed by atoms with Crippen molar-refractivity contribution in [1.29, 1.82) is 0 Å². The summed E-state index contributed by atoms with van der Waals surface area (Å²) in [7, 11) is 1.72. The Hall–Kier alpha value is -0.853. The normalized spacial score (nSPS) is 6.15. The number of thioether (sulfide) groups is 2. The Labute approximate surface area is 538 Å².